The number of thioether (sulfide) groups is 1. The van der Waals surface area contributed by atoms with Crippen LogP contribution in [-0.4, -0.2) is 67.9 Å². The van der Waals surface area contributed by atoms with Gasteiger partial charge in [-0.25, -0.2) is 0 Å². The zero-order chi connectivity index (χ0) is 20.0. The molecule has 0 bridgehead atoms. The average molecular weight is 406 g/mol. The Bertz CT molecular complexity index is 668. The van der Waals surface area contributed by atoms with E-state index >= 15 is 0 Å². The lowest BCUT2D eigenvalue weighted by Crippen LogP contribution is -2.52. The molecule has 0 radical (unpaired) electrons. The highest BCUT2D eigenvalue weighted by atomic mass is 32.2. The van der Waals surface area contributed by atoms with Crippen molar-refractivity contribution in [1.29, 1.82) is 0 Å². The van der Waals surface area contributed by atoms with E-state index in [-0.39, 0.29) is 10.9 Å². The summed E-state index contributed by atoms with van der Waals surface area (Å²) < 4.78 is 12.0. The fraction of sp³-hybridized carbons (Fsp3) is 0.682. The molecule has 156 valence electrons. The lowest BCUT2D eigenvalue weighted by Gasteiger charge is -2.39. The predicted octanol–water partition coefficient (Wildman–Crippen LogP) is 3.55. The molecule has 1 unspecified atom stereocenters. The van der Waals surface area contributed by atoms with Gasteiger partial charge in [0.15, 0.2) is 5.96 Å². The molecular weight excluding hydrogens is 370 g/mol. The number of aliphatic imine (C=N–C) groups is 1. The quantitative estimate of drug-likeness (QED) is 0.600. The molecule has 2 aliphatic heterocycles. The van der Waals surface area contributed by atoms with E-state index in [0.29, 0.717) is 0 Å². The zero-order valence-corrected chi connectivity index (χ0v) is 18.6. The van der Waals surface area contributed by atoms with Crippen LogP contribution < -0.4 is 5.32 Å². The summed E-state index contributed by atoms with van der Waals surface area (Å²) in [4.78, 5) is 6.93. The third-order valence-corrected chi connectivity index (χ3v) is 7.23. The number of ether oxygens (including phenoxy) is 2. The minimum Gasteiger partial charge on any atom is -0.381 e. The number of rotatable bonds is 5. The Hall–Kier alpha value is -1.24. The molecule has 2 heterocycles. The van der Waals surface area contributed by atoms with Gasteiger partial charge in [0.25, 0.3) is 0 Å². The Morgan fingerprint density at radius 2 is 2.07 bits per heavy atom. The fourth-order valence-electron chi connectivity index (χ4n) is 4.21. The van der Waals surface area contributed by atoms with Crippen molar-refractivity contribution >= 4 is 17.7 Å². The van der Waals surface area contributed by atoms with Crippen molar-refractivity contribution in [2.24, 2.45) is 4.99 Å². The van der Waals surface area contributed by atoms with Gasteiger partial charge in [-0.05, 0) is 43.6 Å². The van der Waals surface area contributed by atoms with Crippen molar-refractivity contribution in [3.05, 3.63) is 34.9 Å². The second-order valence-corrected chi connectivity index (χ2v) is 9.53. The first-order valence-corrected chi connectivity index (χ1v) is 11.4. The van der Waals surface area contributed by atoms with E-state index < -0.39 is 0 Å². The first-order valence-electron chi connectivity index (χ1n) is 10.4. The Balaban J connectivity index is 1.65. The molecule has 6 heteroatoms. The summed E-state index contributed by atoms with van der Waals surface area (Å²) in [5.74, 6) is 2.12. The highest BCUT2D eigenvalue weighted by molar-refractivity contribution is 8.00. The summed E-state index contributed by atoms with van der Waals surface area (Å²) in [6, 6.07) is 6.63. The molecule has 0 aromatic heterocycles. The van der Waals surface area contributed by atoms with Crippen LogP contribution in [0.2, 0.25) is 0 Å². The third kappa shape index (κ3) is 5.22. The predicted molar refractivity (Wildman–Crippen MR) is 118 cm³/mol. The van der Waals surface area contributed by atoms with Crippen molar-refractivity contribution in [3.8, 4) is 0 Å². The van der Waals surface area contributed by atoms with Crippen LogP contribution in [0.1, 0.15) is 42.6 Å². The Morgan fingerprint density at radius 3 is 2.75 bits per heavy atom. The molecule has 0 spiro atoms. The maximum Gasteiger partial charge on any atom is 0.193 e. The topological polar surface area (TPSA) is 46.1 Å². The zero-order valence-electron chi connectivity index (χ0n) is 17.8. The van der Waals surface area contributed by atoms with Gasteiger partial charge < -0.3 is 19.7 Å². The first-order chi connectivity index (χ1) is 13.6. The molecule has 2 fully saturated rings. The van der Waals surface area contributed by atoms with Crippen molar-refractivity contribution < 1.29 is 9.47 Å². The maximum absolute atomic E-state index is 6.12. The molecule has 3 rings (SSSR count). The Morgan fingerprint density at radius 1 is 1.29 bits per heavy atom. The molecule has 2 aliphatic rings. The van der Waals surface area contributed by atoms with Crippen molar-refractivity contribution in [3.63, 3.8) is 0 Å². The largest absolute Gasteiger partial charge is 0.381 e. The summed E-state index contributed by atoms with van der Waals surface area (Å²) in [5, 5.41) is 3.67. The minimum atomic E-state index is 0.0926. The van der Waals surface area contributed by atoms with Crippen LogP contribution >= 0.6 is 11.8 Å². The highest BCUT2D eigenvalue weighted by Crippen LogP contribution is 2.35. The standard InChI is InChI=1S/C22H35N3O2S/c1-5-28-22(8-11-26-12-9-22)16-24-21(23-4)25-10-13-27-20(15-25)19-7-6-17(2)14-18(19)3/h6-7,14,20H,5,8-13,15-16H2,1-4H3,(H,23,24). The van der Waals surface area contributed by atoms with Gasteiger partial charge in [0.1, 0.15) is 6.10 Å². The Kier molecular flexibility index (Phi) is 7.66. The van der Waals surface area contributed by atoms with Crippen molar-refractivity contribution in [2.75, 3.05) is 52.3 Å². The maximum atomic E-state index is 6.12. The van der Waals surface area contributed by atoms with Crippen LogP contribution in [-0.2, 0) is 9.47 Å². The van der Waals surface area contributed by atoms with E-state index in [2.05, 4.69) is 65.9 Å². The number of nitrogens with one attached hydrogen (secondary N) is 1. The normalized spacial score (nSPS) is 22.9. The van der Waals surface area contributed by atoms with E-state index in [1.807, 2.05) is 7.05 Å². The number of nitrogens with zero attached hydrogens (tertiary/aromatic N) is 2. The second-order valence-electron chi connectivity index (χ2n) is 7.79. The van der Waals surface area contributed by atoms with Crippen LogP contribution in [0.5, 0.6) is 0 Å². The fourth-order valence-corrected chi connectivity index (χ4v) is 5.45. The number of morpholine rings is 1. The van der Waals surface area contributed by atoms with Gasteiger partial charge in [0, 0.05) is 38.1 Å². The molecule has 0 aliphatic carbocycles. The molecule has 1 atom stereocenters. The average Bonchev–Trinajstić information content (AvgIpc) is 2.70. The van der Waals surface area contributed by atoms with E-state index in [9.17, 15) is 0 Å². The molecule has 28 heavy (non-hydrogen) atoms. The van der Waals surface area contributed by atoms with Gasteiger partial charge >= 0.3 is 0 Å². The molecule has 1 N–H and O–H groups in total. The van der Waals surface area contributed by atoms with Gasteiger partial charge in [0.2, 0.25) is 0 Å². The number of guanidine groups is 1. The Labute approximate surface area is 174 Å². The third-order valence-electron chi connectivity index (χ3n) is 5.77. The van der Waals surface area contributed by atoms with E-state index in [4.69, 9.17) is 9.47 Å². The van der Waals surface area contributed by atoms with Crippen LogP contribution in [0.4, 0.5) is 0 Å². The summed E-state index contributed by atoms with van der Waals surface area (Å²) >= 11 is 2.06. The van der Waals surface area contributed by atoms with Crippen LogP contribution in [0.3, 0.4) is 0 Å². The lowest BCUT2D eigenvalue weighted by molar-refractivity contribution is -0.00844. The molecular formula is C22H35N3O2S. The SMILES string of the molecule is CCSC1(CNC(=NC)N2CCOC(c3ccc(C)cc3C)C2)CCOCC1. The molecule has 2 saturated heterocycles. The van der Waals surface area contributed by atoms with Gasteiger partial charge in [-0.1, -0.05) is 30.7 Å². The summed E-state index contributed by atoms with van der Waals surface area (Å²) in [6.07, 6.45) is 2.29. The first kappa shape index (κ1) is 21.5. The highest BCUT2D eigenvalue weighted by Gasteiger charge is 2.33. The summed E-state index contributed by atoms with van der Waals surface area (Å²) in [6.45, 7) is 11.6. The summed E-state index contributed by atoms with van der Waals surface area (Å²) in [7, 11) is 1.88. The van der Waals surface area contributed by atoms with E-state index in [0.717, 1.165) is 64.0 Å². The van der Waals surface area contributed by atoms with Crippen molar-refractivity contribution in [2.45, 2.75) is 44.5 Å². The van der Waals surface area contributed by atoms with E-state index in [1.165, 1.54) is 16.7 Å². The molecule has 5 nitrogen and oxygen atoms in total. The van der Waals surface area contributed by atoms with Crippen LogP contribution in [0, 0.1) is 13.8 Å². The van der Waals surface area contributed by atoms with Gasteiger partial charge in [-0.2, -0.15) is 11.8 Å². The number of hydrogen-bond acceptors (Lipinski definition) is 4. The molecule has 0 saturated carbocycles. The van der Waals surface area contributed by atoms with Crippen molar-refractivity contribution in [1.82, 2.24) is 10.2 Å². The minimum absolute atomic E-state index is 0.0926. The number of aryl methyl sites for hydroxylation is 2. The number of benzene rings is 1. The van der Waals surface area contributed by atoms with Crippen LogP contribution in [0.15, 0.2) is 23.2 Å². The summed E-state index contributed by atoms with van der Waals surface area (Å²) in [5.41, 5.74) is 3.88. The lowest BCUT2D eigenvalue weighted by atomic mass is 9.99. The number of hydrogen-bond donors (Lipinski definition) is 1. The van der Waals surface area contributed by atoms with Gasteiger partial charge in [0.05, 0.1) is 13.2 Å². The molecule has 1 aromatic rings. The van der Waals surface area contributed by atoms with Gasteiger partial charge in [-0.15, -0.1) is 0 Å². The smallest absolute Gasteiger partial charge is 0.193 e. The monoisotopic (exact) mass is 405 g/mol. The second kappa shape index (κ2) is 9.99. The molecule has 0 amide bonds. The van der Waals surface area contributed by atoms with Crippen LogP contribution in [0.25, 0.3) is 0 Å². The van der Waals surface area contributed by atoms with E-state index in [1.54, 1.807) is 0 Å². The van der Waals surface area contributed by atoms with Gasteiger partial charge in [-0.3, -0.25) is 4.99 Å². The molecule has 1 aromatic carbocycles.